The van der Waals surface area contributed by atoms with E-state index in [9.17, 15) is 23.2 Å². The van der Waals surface area contributed by atoms with Crippen molar-refractivity contribution >= 4 is 39.0 Å². The number of rotatable bonds is 5. The van der Waals surface area contributed by atoms with Crippen LogP contribution in [0, 0.1) is 18.6 Å². The second-order valence-electron chi connectivity index (χ2n) is 7.03. The van der Waals surface area contributed by atoms with Gasteiger partial charge >= 0.3 is 5.97 Å². The fourth-order valence-corrected chi connectivity index (χ4v) is 4.24. The summed E-state index contributed by atoms with van der Waals surface area (Å²) in [5.74, 6) is -3.90. The van der Waals surface area contributed by atoms with Crippen LogP contribution in [-0.2, 0) is 4.74 Å². The predicted molar refractivity (Wildman–Crippen MR) is 120 cm³/mol. The molecule has 0 spiro atoms. The van der Waals surface area contributed by atoms with Gasteiger partial charge in [-0.25, -0.2) is 13.6 Å². The van der Waals surface area contributed by atoms with E-state index in [1.54, 1.807) is 25.1 Å². The standard InChI is InChI=1S/C23H17F2N3O4S/c1-3-32-23(31)19-14-11-33-21(26-20(29)18-15(24)8-5-9-16(18)25)17(14)22(30)28(27-19)13-7-4-6-12(2)10-13/h4-11H,3H2,1-2H3,(H,26,29). The van der Waals surface area contributed by atoms with E-state index in [1.165, 1.54) is 5.38 Å². The van der Waals surface area contributed by atoms with Gasteiger partial charge in [-0.15, -0.1) is 11.3 Å². The van der Waals surface area contributed by atoms with E-state index in [2.05, 4.69) is 10.4 Å². The van der Waals surface area contributed by atoms with Gasteiger partial charge < -0.3 is 10.1 Å². The van der Waals surface area contributed by atoms with E-state index in [1.807, 2.05) is 13.0 Å². The number of benzene rings is 2. The number of ether oxygens (including phenoxy) is 1. The third-order valence-electron chi connectivity index (χ3n) is 4.78. The van der Waals surface area contributed by atoms with Crippen molar-refractivity contribution in [2.24, 2.45) is 0 Å². The van der Waals surface area contributed by atoms with E-state index in [-0.39, 0.29) is 28.1 Å². The first-order valence-corrected chi connectivity index (χ1v) is 10.7. The Bertz CT molecular complexity index is 1440. The van der Waals surface area contributed by atoms with Gasteiger partial charge in [-0.2, -0.15) is 9.78 Å². The average molecular weight is 469 g/mol. The number of amides is 1. The third-order valence-corrected chi connectivity index (χ3v) is 5.68. The number of hydrogen-bond donors (Lipinski definition) is 1. The number of halogens is 2. The lowest BCUT2D eigenvalue weighted by Gasteiger charge is -2.10. The number of carbonyl (C=O) groups is 2. The van der Waals surface area contributed by atoms with Gasteiger partial charge in [0.1, 0.15) is 22.2 Å². The van der Waals surface area contributed by atoms with Crippen LogP contribution in [0.25, 0.3) is 16.5 Å². The minimum absolute atomic E-state index is 0.0235. The number of hydrogen-bond acceptors (Lipinski definition) is 6. The topological polar surface area (TPSA) is 90.3 Å². The van der Waals surface area contributed by atoms with Gasteiger partial charge in [0.2, 0.25) is 0 Å². The molecular formula is C23H17F2N3O4S. The minimum atomic E-state index is -1.06. The summed E-state index contributed by atoms with van der Waals surface area (Å²) in [5, 5.41) is 8.24. The molecule has 0 aliphatic rings. The number of fused-ring (bicyclic) bond motifs is 1. The minimum Gasteiger partial charge on any atom is -0.461 e. The molecule has 0 atom stereocenters. The van der Waals surface area contributed by atoms with E-state index in [0.717, 1.165) is 39.8 Å². The van der Waals surface area contributed by atoms with Crippen molar-refractivity contribution in [3.05, 3.63) is 86.7 Å². The molecule has 0 unspecified atom stereocenters. The fourth-order valence-electron chi connectivity index (χ4n) is 3.31. The van der Waals surface area contributed by atoms with Crippen LogP contribution in [0.5, 0.6) is 0 Å². The number of thiophene rings is 1. The van der Waals surface area contributed by atoms with Crippen LogP contribution in [0.4, 0.5) is 13.8 Å². The monoisotopic (exact) mass is 469 g/mol. The van der Waals surface area contributed by atoms with Gasteiger partial charge in [0.05, 0.1) is 17.7 Å². The van der Waals surface area contributed by atoms with Crippen molar-refractivity contribution < 1.29 is 23.1 Å². The van der Waals surface area contributed by atoms with Gasteiger partial charge in [-0.05, 0) is 43.7 Å². The number of anilines is 1. The van der Waals surface area contributed by atoms with Crippen LogP contribution < -0.4 is 10.9 Å². The lowest BCUT2D eigenvalue weighted by molar-refractivity contribution is 0.0520. The zero-order valence-electron chi connectivity index (χ0n) is 17.5. The van der Waals surface area contributed by atoms with Crippen molar-refractivity contribution in [2.45, 2.75) is 13.8 Å². The first-order chi connectivity index (χ1) is 15.8. The van der Waals surface area contributed by atoms with Gasteiger partial charge in [-0.3, -0.25) is 9.59 Å². The molecular weight excluding hydrogens is 452 g/mol. The molecule has 0 fully saturated rings. The van der Waals surface area contributed by atoms with Crippen LogP contribution >= 0.6 is 11.3 Å². The summed E-state index contributed by atoms with van der Waals surface area (Å²) in [6.07, 6.45) is 0. The summed E-state index contributed by atoms with van der Waals surface area (Å²) in [4.78, 5) is 38.6. The van der Waals surface area contributed by atoms with Crippen LogP contribution in [-0.4, -0.2) is 28.3 Å². The molecule has 7 nitrogen and oxygen atoms in total. The Morgan fingerprint density at radius 2 is 1.85 bits per heavy atom. The summed E-state index contributed by atoms with van der Waals surface area (Å²) in [6, 6.07) is 9.95. The van der Waals surface area contributed by atoms with Crippen molar-refractivity contribution in [3.8, 4) is 5.69 Å². The molecule has 10 heteroatoms. The number of carbonyl (C=O) groups excluding carboxylic acids is 2. The Kier molecular flexibility index (Phi) is 6.01. The summed E-state index contributed by atoms with van der Waals surface area (Å²) in [6.45, 7) is 3.55. The highest BCUT2D eigenvalue weighted by molar-refractivity contribution is 7.16. The fraction of sp³-hybridized carbons (Fsp3) is 0.130. The summed E-state index contributed by atoms with van der Waals surface area (Å²) < 4.78 is 34.3. The van der Waals surface area contributed by atoms with Crippen LogP contribution in [0.3, 0.4) is 0 Å². The quantitative estimate of drug-likeness (QED) is 0.436. The number of nitrogens with one attached hydrogen (secondary N) is 1. The Morgan fingerprint density at radius 3 is 2.52 bits per heavy atom. The molecule has 2 heterocycles. The molecule has 0 bridgehead atoms. The predicted octanol–water partition coefficient (Wildman–Crippen LogP) is 4.46. The maximum atomic E-state index is 14.1. The summed E-state index contributed by atoms with van der Waals surface area (Å²) in [5.41, 5.74) is -0.266. The molecule has 0 aliphatic carbocycles. The van der Waals surface area contributed by atoms with Gasteiger partial charge in [0.15, 0.2) is 5.69 Å². The second kappa shape index (κ2) is 8.91. The smallest absolute Gasteiger partial charge is 0.359 e. The molecule has 0 saturated heterocycles. The molecule has 4 aromatic rings. The Morgan fingerprint density at radius 1 is 1.15 bits per heavy atom. The SMILES string of the molecule is CCOC(=O)c1nn(-c2cccc(C)c2)c(=O)c2c(NC(=O)c3c(F)cccc3F)scc12. The largest absolute Gasteiger partial charge is 0.461 e. The van der Waals surface area contributed by atoms with Gasteiger partial charge in [0.25, 0.3) is 11.5 Å². The molecule has 0 aliphatic heterocycles. The van der Waals surface area contributed by atoms with Crippen LogP contribution in [0.15, 0.2) is 52.6 Å². The van der Waals surface area contributed by atoms with E-state index in [0.29, 0.717) is 5.69 Å². The summed E-state index contributed by atoms with van der Waals surface area (Å²) in [7, 11) is 0. The lowest BCUT2D eigenvalue weighted by atomic mass is 10.1. The molecule has 33 heavy (non-hydrogen) atoms. The molecule has 0 radical (unpaired) electrons. The number of nitrogens with zero attached hydrogens (tertiary/aromatic N) is 2. The molecule has 1 N–H and O–H groups in total. The molecule has 0 saturated carbocycles. The Labute approximate surface area is 190 Å². The first-order valence-electron chi connectivity index (χ1n) is 9.85. The number of aromatic nitrogens is 2. The van der Waals surface area contributed by atoms with Crippen LogP contribution in [0.1, 0.15) is 33.3 Å². The van der Waals surface area contributed by atoms with Gasteiger partial charge in [-0.1, -0.05) is 18.2 Å². The molecule has 2 aromatic heterocycles. The van der Waals surface area contributed by atoms with Gasteiger partial charge in [0, 0.05) is 10.8 Å². The van der Waals surface area contributed by atoms with E-state index >= 15 is 0 Å². The average Bonchev–Trinajstić information content (AvgIpc) is 3.18. The zero-order valence-corrected chi connectivity index (χ0v) is 18.3. The maximum Gasteiger partial charge on any atom is 0.359 e. The van der Waals surface area contributed by atoms with Crippen molar-refractivity contribution in [1.82, 2.24) is 9.78 Å². The highest BCUT2D eigenvalue weighted by Gasteiger charge is 2.25. The van der Waals surface area contributed by atoms with E-state index in [4.69, 9.17) is 4.74 Å². The highest BCUT2D eigenvalue weighted by Crippen LogP contribution is 2.31. The number of aryl methyl sites for hydroxylation is 1. The Balaban J connectivity index is 1.91. The second-order valence-corrected chi connectivity index (χ2v) is 7.91. The summed E-state index contributed by atoms with van der Waals surface area (Å²) >= 11 is 0.930. The van der Waals surface area contributed by atoms with Crippen molar-refractivity contribution in [2.75, 3.05) is 11.9 Å². The van der Waals surface area contributed by atoms with E-state index < -0.39 is 34.6 Å². The van der Waals surface area contributed by atoms with Crippen molar-refractivity contribution in [1.29, 1.82) is 0 Å². The lowest BCUT2D eigenvalue weighted by Crippen LogP contribution is -2.26. The molecule has 168 valence electrons. The van der Waals surface area contributed by atoms with Crippen LogP contribution in [0.2, 0.25) is 0 Å². The number of esters is 1. The maximum absolute atomic E-state index is 14.1. The molecule has 2 aromatic carbocycles. The normalized spacial score (nSPS) is 10.9. The zero-order chi connectivity index (χ0) is 23.7. The molecule has 4 rings (SSSR count). The Hall–Kier alpha value is -3.92. The molecule has 1 amide bonds. The highest BCUT2D eigenvalue weighted by atomic mass is 32.1. The van der Waals surface area contributed by atoms with Crippen molar-refractivity contribution in [3.63, 3.8) is 0 Å². The third kappa shape index (κ3) is 4.12. The first kappa shape index (κ1) is 22.3.